The lowest BCUT2D eigenvalue weighted by molar-refractivity contribution is 0.416. The highest BCUT2D eigenvalue weighted by atomic mass is 31.2. The maximum absolute atomic E-state index is 12.1. The molecule has 0 spiro atoms. The van der Waals surface area contributed by atoms with Crippen molar-refractivity contribution in [3.05, 3.63) is 54.9 Å². The molecule has 0 atom stereocenters. The quantitative estimate of drug-likeness (QED) is 0.706. The van der Waals surface area contributed by atoms with E-state index >= 15 is 0 Å². The summed E-state index contributed by atoms with van der Waals surface area (Å²) in [6.07, 6.45) is 1.46. The zero-order valence-corrected chi connectivity index (χ0v) is 15.2. The van der Waals surface area contributed by atoms with Crippen LogP contribution in [0.5, 0.6) is 5.75 Å². The highest BCUT2D eigenvalue weighted by Gasteiger charge is 2.11. The Labute approximate surface area is 146 Å². The Morgan fingerprint density at radius 1 is 1.00 bits per heavy atom. The molecule has 0 bridgehead atoms. The molecule has 2 aromatic carbocycles. The highest BCUT2D eigenvalue weighted by molar-refractivity contribution is 7.70. The number of rotatable bonds is 5. The Hall–Kier alpha value is -2.72. The average Bonchev–Trinajstić information content (AvgIpc) is 2.61. The Kier molecular flexibility index (Phi) is 4.81. The summed E-state index contributed by atoms with van der Waals surface area (Å²) in [5, 5.41) is 3.97. The second-order valence-corrected chi connectivity index (χ2v) is 9.07. The van der Waals surface area contributed by atoms with Gasteiger partial charge in [0, 0.05) is 11.0 Å². The first kappa shape index (κ1) is 17.1. The first-order valence-electron chi connectivity index (χ1n) is 7.72. The zero-order valence-electron chi connectivity index (χ0n) is 14.3. The predicted octanol–water partition coefficient (Wildman–Crippen LogP) is 3.54. The van der Waals surface area contributed by atoms with Crippen molar-refractivity contribution in [3.63, 3.8) is 0 Å². The SMILES string of the molecule is COc1ccccc1-c1ncnc(Nc2ccc(P(C)(C)=O)cc2)n1. The number of hydrogen-bond acceptors (Lipinski definition) is 6. The molecule has 1 heterocycles. The molecule has 0 saturated heterocycles. The molecule has 3 aromatic rings. The van der Waals surface area contributed by atoms with Crippen LogP contribution in [0, 0.1) is 0 Å². The number of ether oxygens (including phenoxy) is 1. The van der Waals surface area contributed by atoms with Gasteiger partial charge < -0.3 is 14.6 Å². The summed E-state index contributed by atoms with van der Waals surface area (Å²) in [4.78, 5) is 12.8. The molecule has 0 aliphatic heterocycles. The Balaban J connectivity index is 1.86. The number of nitrogens with one attached hydrogen (secondary N) is 1. The molecule has 0 fully saturated rings. The van der Waals surface area contributed by atoms with Crippen LogP contribution in [-0.2, 0) is 4.57 Å². The third-order valence-electron chi connectivity index (χ3n) is 3.66. The van der Waals surface area contributed by atoms with Gasteiger partial charge in [0.15, 0.2) is 5.82 Å². The summed E-state index contributed by atoms with van der Waals surface area (Å²) in [6, 6.07) is 15.0. The van der Waals surface area contributed by atoms with Crippen molar-refractivity contribution >= 4 is 24.1 Å². The summed E-state index contributed by atoms with van der Waals surface area (Å²) in [5.74, 6) is 1.66. The molecule has 128 valence electrons. The minimum Gasteiger partial charge on any atom is -0.496 e. The fourth-order valence-corrected chi connectivity index (χ4v) is 3.22. The van der Waals surface area contributed by atoms with E-state index in [1.54, 1.807) is 20.4 Å². The maximum Gasteiger partial charge on any atom is 0.230 e. The van der Waals surface area contributed by atoms with E-state index in [-0.39, 0.29) is 0 Å². The number of benzene rings is 2. The molecule has 0 amide bonds. The van der Waals surface area contributed by atoms with Crippen LogP contribution < -0.4 is 15.4 Å². The first-order chi connectivity index (χ1) is 12.0. The number of anilines is 2. The molecule has 0 radical (unpaired) electrons. The Bertz CT molecular complexity index is 922. The van der Waals surface area contributed by atoms with Crippen LogP contribution in [0.15, 0.2) is 54.9 Å². The molecule has 1 N–H and O–H groups in total. The predicted molar refractivity (Wildman–Crippen MR) is 101 cm³/mol. The molecule has 6 nitrogen and oxygen atoms in total. The normalized spacial score (nSPS) is 11.2. The van der Waals surface area contributed by atoms with Gasteiger partial charge in [0.2, 0.25) is 5.95 Å². The zero-order chi connectivity index (χ0) is 17.9. The Morgan fingerprint density at radius 3 is 2.40 bits per heavy atom. The van der Waals surface area contributed by atoms with Gasteiger partial charge in [-0.25, -0.2) is 9.97 Å². The molecule has 0 aliphatic carbocycles. The summed E-state index contributed by atoms with van der Waals surface area (Å²) in [6.45, 7) is 3.50. The number of nitrogens with zero attached hydrogens (tertiary/aromatic N) is 3. The van der Waals surface area contributed by atoms with E-state index in [1.165, 1.54) is 6.33 Å². The largest absolute Gasteiger partial charge is 0.496 e. The monoisotopic (exact) mass is 354 g/mol. The maximum atomic E-state index is 12.1. The van der Waals surface area contributed by atoms with E-state index in [0.29, 0.717) is 17.5 Å². The topological polar surface area (TPSA) is 77.0 Å². The highest BCUT2D eigenvalue weighted by Crippen LogP contribution is 2.34. The van der Waals surface area contributed by atoms with Gasteiger partial charge in [-0.15, -0.1) is 0 Å². The van der Waals surface area contributed by atoms with E-state index in [4.69, 9.17) is 4.74 Å². The van der Waals surface area contributed by atoms with Crippen LogP contribution in [0.2, 0.25) is 0 Å². The standard InChI is InChI=1S/C18H19N4O2P/c1-24-16-7-5-4-6-15(16)17-19-12-20-18(22-17)21-13-8-10-14(11-9-13)25(2,3)23/h4-12H,1-3H3,(H,19,20,21,22). The average molecular weight is 354 g/mol. The number of methoxy groups -OCH3 is 1. The van der Waals surface area contributed by atoms with Crippen LogP contribution in [0.1, 0.15) is 0 Å². The van der Waals surface area contributed by atoms with Gasteiger partial charge in [-0.2, -0.15) is 4.98 Å². The number of hydrogen-bond donors (Lipinski definition) is 1. The minimum atomic E-state index is -2.26. The van der Waals surface area contributed by atoms with Crippen molar-refractivity contribution < 1.29 is 9.30 Å². The van der Waals surface area contributed by atoms with Crippen LogP contribution >= 0.6 is 7.14 Å². The summed E-state index contributed by atoms with van der Waals surface area (Å²) in [5.41, 5.74) is 1.61. The van der Waals surface area contributed by atoms with Crippen LogP contribution in [0.25, 0.3) is 11.4 Å². The van der Waals surface area contributed by atoms with Gasteiger partial charge >= 0.3 is 0 Å². The van der Waals surface area contributed by atoms with Crippen molar-refractivity contribution in [1.29, 1.82) is 0 Å². The van der Waals surface area contributed by atoms with Crippen molar-refractivity contribution in [2.24, 2.45) is 0 Å². The Morgan fingerprint density at radius 2 is 1.72 bits per heavy atom. The minimum absolute atomic E-state index is 0.430. The van der Waals surface area contributed by atoms with Gasteiger partial charge in [-0.3, -0.25) is 0 Å². The molecule has 0 saturated carbocycles. The number of aromatic nitrogens is 3. The second-order valence-electron chi connectivity index (χ2n) is 5.86. The van der Waals surface area contributed by atoms with E-state index in [2.05, 4.69) is 20.3 Å². The number of para-hydroxylation sites is 1. The van der Waals surface area contributed by atoms with Crippen LogP contribution in [0.4, 0.5) is 11.6 Å². The summed E-state index contributed by atoms with van der Waals surface area (Å²) < 4.78 is 17.4. The van der Waals surface area contributed by atoms with Crippen molar-refractivity contribution in [3.8, 4) is 17.1 Å². The van der Waals surface area contributed by atoms with E-state index in [1.807, 2.05) is 48.5 Å². The third-order valence-corrected chi connectivity index (χ3v) is 5.21. The summed E-state index contributed by atoms with van der Waals surface area (Å²) in [7, 11) is -0.648. The smallest absolute Gasteiger partial charge is 0.230 e. The lowest BCUT2D eigenvalue weighted by Crippen LogP contribution is -2.04. The van der Waals surface area contributed by atoms with E-state index in [9.17, 15) is 4.57 Å². The van der Waals surface area contributed by atoms with Gasteiger partial charge in [0.25, 0.3) is 0 Å². The molecule has 25 heavy (non-hydrogen) atoms. The second kappa shape index (κ2) is 7.03. The molecule has 1 aromatic heterocycles. The molecule has 0 unspecified atom stereocenters. The lowest BCUT2D eigenvalue weighted by atomic mass is 10.2. The van der Waals surface area contributed by atoms with E-state index in [0.717, 1.165) is 16.6 Å². The van der Waals surface area contributed by atoms with Gasteiger partial charge in [-0.05, 0) is 49.7 Å². The molecule has 3 rings (SSSR count). The van der Waals surface area contributed by atoms with Crippen LogP contribution in [0.3, 0.4) is 0 Å². The lowest BCUT2D eigenvalue weighted by Gasteiger charge is -2.10. The fourth-order valence-electron chi connectivity index (χ4n) is 2.35. The van der Waals surface area contributed by atoms with Crippen molar-refractivity contribution in [2.45, 2.75) is 0 Å². The summed E-state index contributed by atoms with van der Waals surface area (Å²) >= 11 is 0. The third kappa shape index (κ3) is 4.03. The molecular weight excluding hydrogens is 335 g/mol. The van der Waals surface area contributed by atoms with Crippen LogP contribution in [-0.4, -0.2) is 35.4 Å². The first-order valence-corrected chi connectivity index (χ1v) is 10.3. The molecular formula is C18H19N4O2P. The van der Waals surface area contributed by atoms with Gasteiger partial charge in [-0.1, -0.05) is 12.1 Å². The van der Waals surface area contributed by atoms with Gasteiger partial charge in [0.05, 0.1) is 12.7 Å². The molecule has 0 aliphatic rings. The van der Waals surface area contributed by atoms with Gasteiger partial charge in [0.1, 0.15) is 19.2 Å². The van der Waals surface area contributed by atoms with Crippen molar-refractivity contribution in [1.82, 2.24) is 15.0 Å². The van der Waals surface area contributed by atoms with E-state index < -0.39 is 7.14 Å². The molecule has 7 heteroatoms. The fraction of sp³-hybridized carbons (Fsp3) is 0.167. The van der Waals surface area contributed by atoms with Crippen molar-refractivity contribution in [2.75, 3.05) is 25.8 Å².